The van der Waals surface area contributed by atoms with Gasteiger partial charge in [0.2, 0.25) is 0 Å². The number of ether oxygens (including phenoxy) is 2. The minimum atomic E-state index is -0.583. The van der Waals surface area contributed by atoms with E-state index in [0.717, 1.165) is 22.4 Å². The number of halogens is 1. The predicted octanol–water partition coefficient (Wildman–Crippen LogP) is 5.15. The van der Waals surface area contributed by atoms with E-state index < -0.39 is 11.9 Å². The van der Waals surface area contributed by atoms with Crippen LogP contribution < -0.4 is 10.1 Å². The smallest absolute Gasteiger partial charge is 0.336 e. The van der Waals surface area contributed by atoms with E-state index in [0.29, 0.717) is 28.2 Å². The number of allylic oxidation sites excluding steroid dienone is 2. The SMILES string of the molecule is COC(=O)C1=C(C)NC2=C(C(=O)c3ccccc32)C1c1ccc(OCc2cccc(F)c2)cc1. The number of carbonyl (C=O) groups is 2. The van der Waals surface area contributed by atoms with Crippen molar-refractivity contribution >= 4 is 17.4 Å². The maximum atomic E-state index is 13.4. The molecule has 5 rings (SSSR count). The summed E-state index contributed by atoms with van der Waals surface area (Å²) in [5, 5.41) is 3.27. The van der Waals surface area contributed by atoms with E-state index in [2.05, 4.69) is 5.32 Å². The van der Waals surface area contributed by atoms with Crippen molar-refractivity contribution in [3.63, 3.8) is 0 Å². The number of ketones is 1. The Kier molecular flexibility index (Phi) is 5.49. The van der Waals surface area contributed by atoms with Crippen molar-refractivity contribution in [3.05, 3.63) is 118 Å². The first-order valence-corrected chi connectivity index (χ1v) is 10.9. The minimum Gasteiger partial charge on any atom is -0.489 e. The number of fused-ring (bicyclic) bond motifs is 2. The van der Waals surface area contributed by atoms with E-state index in [1.54, 1.807) is 30.3 Å². The van der Waals surface area contributed by atoms with Crippen molar-refractivity contribution in [3.8, 4) is 5.75 Å². The quantitative estimate of drug-likeness (QED) is 0.540. The molecule has 1 unspecified atom stereocenters. The lowest BCUT2D eigenvalue weighted by atomic mass is 9.80. The third-order valence-corrected chi connectivity index (χ3v) is 6.16. The largest absolute Gasteiger partial charge is 0.489 e. The second-order valence-electron chi connectivity index (χ2n) is 8.24. The van der Waals surface area contributed by atoms with Crippen molar-refractivity contribution in [2.45, 2.75) is 19.4 Å². The van der Waals surface area contributed by atoms with Gasteiger partial charge in [-0.05, 0) is 42.3 Å². The molecule has 1 N–H and O–H groups in total. The van der Waals surface area contributed by atoms with Gasteiger partial charge in [-0.25, -0.2) is 9.18 Å². The van der Waals surface area contributed by atoms with Crippen LogP contribution in [-0.2, 0) is 16.1 Å². The molecule has 170 valence electrons. The molecule has 0 aromatic heterocycles. The average Bonchev–Trinajstić information content (AvgIpc) is 3.13. The van der Waals surface area contributed by atoms with Gasteiger partial charge >= 0.3 is 5.97 Å². The van der Waals surface area contributed by atoms with Gasteiger partial charge in [-0.15, -0.1) is 0 Å². The summed E-state index contributed by atoms with van der Waals surface area (Å²) in [6.07, 6.45) is 0. The highest BCUT2D eigenvalue weighted by atomic mass is 19.1. The Hall–Kier alpha value is -4.19. The number of esters is 1. The van der Waals surface area contributed by atoms with E-state index in [9.17, 15) is 14.0 Å². The lowest BCUT2D eigenvalue weighted by molar-refractivity contribution is -0.136. The van der Waals surface area contributed by atoms with Crippen LogP contribution in [0, 0.1) is 5.82 Å². The molecule has 1 atom stereocenters. The van der Waals surface area contributed by atoms with Crippen LogP contribution in [0.3, 0.4) is 0 Å². The van der Waals surface area contributed by atoms with Crippen LogP contribution in [-0.4, -0.2) is 18.9 Å². The number of rotatable bonds is 5. The van der Waals surface area contributed by atoms with Gasteiger partial charge in [-0.3, -0.25) is 4.79 Å². The molecule has 0 fully saturated rings. The zero-order valence-electron chi connectivity index (χ0n) is 18.7. The lowest BCUT2D eigenvalue weighted by Crippen LogP contribution is -2.29. The number of carbonyl (C=O) groups excluding carboxylic acids is 2. The summed E-state index contributed by atoms with van der Waals surface area (Å²) < 4.78 is 24.3. The summed E-state index contributed by atoms with van der Waals surface area (Å²) in [5.41, 5.74) is 5.22. The fourth-order valence-electron chi connectivity index (χ4n) is 4.59. The molecule has 0 saturated carbocycles. The lowest BCUT2D eigenvalue weighted by Gasteiger charge is -2.29. The number of Topliss-reactive ketones (excluding diaryl/α,β-unsaturated/α-hetero) is 1. The number of methoxy groups -OCH3 is 1. The molecule has 3 aromatic carbocycles. The number of dihydropyridines is 1. The highest BCUT2D eigenvalue weighted by molar-refractivity contribution is 6.23. The van der Waals surface area contributed by atoms with Gasteiger partial charge in [-0.1, -0.05) is 48.5 Å². The predicted molar refractivity (Wildman–Crippen MR) is 125 cm³/mol. The van der Waals surface area contributed by atoms with Gasteiger partial charge in [0, 0.05) is 28.3 Å². The van der Waals surface area contributed by atoms with E-state index in [4.69, 9.17) is 9.47 Å². The van der Waals surface area contributed by atoms with Gasteiger partial charge in [0.05, 0.1) is 18.4 Å². The third-order valence-electron chi connectivity index (χ3n) is 6.16. The van der Waals surface area contributed by atoms with Crippen LogP contribution >= 0.6 is 0 Å². The Labute approximate surface area is 196 Å². The molecule has 1 aliphatic heterocycles. The number of hydrogen-bond acceptors (Lipinski definition) is 5. The Morgan fingerprint density at radius 1 is 1.00 bits per heavy atom. The first-order valence-electron chi connectivity index (χ1n) is 10.9. The number of benzene rings is 3. The summed E-state index contributed by atoms with van der Waals surface area (Å²) in [5.74, 6) is -0.898. The second kappa shape index (κ2) is 8.63. The van der Waals surface area contributed by atoms with Crippen molar-refractivity contribution in [2.24, 2.45) is 0 Å². The Balaban J connectivity index is 1.50. The summed E-state index contributed by atoms with van der Waals surface area (Å²) in [4.78, 5) is 26.2. The summed E-state index contributed by atoms with van der Waals surface area (Å²) in [7, 11) is 1.33. The Morgan fingerprint density at radius 3 is 2.44 bits per heavy atom. The van der Waals surface area contributed by atoms with Crippen LogP contribution in [0.4, 0.5) is 4.39 Å². The van der Waals surface area contributed by atoms with Crippen molar-refractivity contribution < 1.29 is 23.5 Å². The maximum absolute atomic E-state index is 13.4. The standard InChI is InChI=1S/C28H22FNO4/c1-16-23(28(32)33-2)24(25-26(30-16)21-8-3-4-9-22(21)27(25)31)18-10-12-20(13-11-18)34-15-17-6-5-7-19(29)14-17/h3-14,24,30H,15H2,1-2H3. The third kappa shape index (κ3) is 3.67. The number of hydrogen-bond donors (Lipinski definition) is 1. The molecular formula is C28H22FNO4. The average molecular weight is 455 g/mol. The molecule has 2 aliphatic rings. The highest BCUT2D eigenvalue weighted by Gasteiger charge is 2.42. The molecular weight excluding hydrogens is 433 g/mol. The first-order chi connectivity index (χ1) is 16.5. The molecule has 1 aliphatic carbocycles. The Morgan fingerprint density at radius 2 is 1.74 bits per heavy atom. The fraction of sp³-hybridized carbons (Fsp3) is 0.143. The van der Waals surface area contributed by atoms with Gasteiger partial charge in [0.15, 0.2) is 5.78 Å². The van der Waals surface area contributed by atoms with Crippen LogP contribution in [0.15, 0.2) is 89.6 Å². The van der Waals surface area contributed by atoms with Gasteiger partial charge in [0.1, 0.15) is 18.2 Å². The van der Waals surface area contributed by atoms with Crippen molar-refractivity contribution in [1.82, 2.24) is 5.32 Å². The topological polar surface area (TPSA) is 64.6 Å². The zero-order chi connectivity index (χ0) is 23.8. The van der Waals surface area contributed by atoms with Gasteiger partial charge in [-0.2, -0.15) is 0 Å². The van der Waals surface area contributed by atoms with E-state index >= 15 is 0 Å². The van der Waals surface area contributed by atoms with E-state index in [1.165, 1.54) is 19.2 Å². The fourth-order valence-corrected chi connectivity index (χ4v) is 4.59. The Bertz CT molecular complexity index is 1370. The maximum Gasteiger partial charge on any atom is 0.336 e. The van der Waals surface area contributed by atoms with E-state index in [1.807, 2.05) is 37.3 Å². The molecule has 1 heterocycles. The first kappa shape index (κ1) is 21.6. The monoisotopic (exact) mass is 455 g/mol. The molecule has 0 amide bonds. The molecule has 3 aromatic rings. The van der Waals surface area contributed by atoms with Gasteiger partial charge in [0.25, 0.3) is 0 Å². The van der Waals surface area contributed by atoms with Crippen LogP contribution in [0.1, 0.15) is 39.9 Å². The van der Waals surface area contributed by atoms with Crippen LogP contribution in [0.5, 0.6) is 5.75 Å². The van der Waals surface area contributed by atoms with E-state index in [-0.39, 0.29) is 18.2 Å². The second-order valence-corrected chi connectivity index (χ2v) is 8.24. The highest BCUT2D eigenvalue weighted by Crippen LogP contribution is 2.46. The van der Waals surface area contributed by atoms with Crippen molar-refractivity contribution in [2.75, 3.05) is 7.11 Å². The summed E-state index contributed by atoms with van der Waals surface area (Å²) in [6, 6.07) is 20.9. The minimum absolute atomic E-state index is 0.108. The van der Waals surface area contributed by atoms with Crippen LogP contribution in [0.2, 0.25) is 0 Å². The molecule has 5 nitrogen and oxygen atoms in total. The summed E-state index contributed by atoms with van der Waals surface area (Å²) >= 11 is 0. The van der Waals surface area contributed by atoms with Gasteiger partial charge < -0.3 is 14.8 Å². The van der Waals surface area contributed by atoms with Crippen molar-refractivity contribution in [1.29, 1.82) is 0 Å². The molecule has 0 radical (unpaired) electrons. The molecule has 0 spiro atoms. The normalized spacial score (nSPS) is 16.7. The summed E-state index contributed by atoms with van der Waals surface area (Å²) in [6.45, 7) is 2.03. The number of nitrogens with one attached hydrogen (secondary N) is 1. The molecule has 0 saturated heterocycles. The zero-order valence-corrected chi connectivity index (χ0v) is 18.7. The molecule has 34 heavy (non-hydrogen) atoms. The van der Waals surface area contributed by atoms with Crippen LogP contribution in [0.25, 0.3) is 5.70 Å². The molecule has 0 bridgehead atoms. The molecule has 6 heteroatoms.